The number of halogens is 1. The van der Waals surface area contributed by atoms with Crippen LogP contribution in [0, 0.1) is 5.92 Å². The van der Waals surface area contributed by atoms with E-state index in [2.05, 4.69) is 17.0 Å². The molecule has 1 atom stereocenters. The van der Waals surface area contributed by atoms with Gasteiger partial charge in [0.25, 0.3) is 0 Å². The number of likely N-dealkylation sites (tertiary alicyclic amines) is 1. The van der Waals surface area contributed by atoms with Crippen LogP contribution in [-0.4, -0.2) is 23.9 Å². The SMILES string of the molecule is O=C(CC1CCCC1)N1CCCC[C@@H](c2ccc(Cl)cc2)C1. The van der Waals surface area contributed by atoms with Gasteiger partial charge in [-0.25, -0.2) is 0 Å². The van der Waals surface area contributed by atoms with Gasteiger partial charge < -0.3 is 4.90 Å². The molecule has 3 rings (SSSR count). The van der Waals surface area contributed by atoms with Crippen LogP contribution in [-0.2, 0) is 4.79 Å². The molecule has 1 aromatic carbocycles. The van der Waals surface area contributed by atoms with E-state index in [0.29, 0.717) is 17.7 Å². The van der Waals surface area contributed by atoms with Crippen molar-refractivity contribution >= 4 is 17.5 Å². The lowest BCUT2D eigenvalue weighted by Crippen LogP contribution is -2.35. The van der Waals surface area contributed by atoms with Crippen molar-refractivity contribution in [1.82, 2.24) is 4.90 Å². The summed E-state index contributed by atoms with van der Waals surface area (Å²) >= 11 is 5.99. The highest BCUT2D eigenvalue weighted by Crippen LogP contribution is 2.31. The Labute approximate surface area is 138 Å². The van der Waals surface area contributed by atoms with Crippen molar-refractivity contribution < 1.29 is 4.79 Å². The second-order valence-corrected chi connectivity index (χ2v) is 7.38. The lowest BCUT2D eigenvalue weighted by atomic mass is 9.94. The molecule has 3 heteroatoms. The second kappa shape index (κ2) is 7.50. The predicted octanol–water partition coefficient (Wildman–Crippen LogP) is 5.02. The molecule has 0 aromatic heterocycles. The monoisotopic (exact) mass is 319 g/mol. The highest BCUT2D eigenvalue weighted by atomic mass is 35.5. The minimum absolute atomic E-state index is 0.382. The van der Waals surface area contributed by atoms with Gasteiger partial charge in [0.2, 0.25) is 5.91 Å². The maximum atomic E-state index is 12.6. The molecule has 1 saturated carbocycles. The fourth-order valence-corrected chi connectivity index (χ4v) is 4.09. The lowest BCUT2D eigenvalue weighted by molar-refractivity contribution is -0.132. The lowest BCUT2D eigenvalue weighted by Gasteiger charge is -2.26. The average Bonchev–Trinajstić information content (AvgIpc) is 2.90. The van der Waals surface area contributed by atoms with Gasteiger partial charge in [-0.15, -0.1) is 0 Å². The number of carbonyl (C=O) groups excluding carboxylic acids is 1. The van der Waals surface area contributed by atoms with E-state index in [1.807, 2.05) is 12.1 Å². The number of nitrogens with zero attached hydrogens (tertiary/aromatic N) is 1. The van der Waals surface area contributed by atoms with Crippen molar-refractivity contribution in [3.63, 3.8) is 0 Å². The van der Waals surface area contributed by atoms with Crippen molar-refractivity contribution in [1.29, 1.82) is 0 Å². The summed E-state index contributed by atoms with van der Waals surface area (Å²) in [7, 11) is 0. The van der Waals surface area contributed by atoms with Gasteiger partial charge in [0.05, 0.1) is 0 Å². The van der Waals surface area contributed by atoms with Gasteiger partial charge in [-0.1, -0.05) is 43.0 Å². The molecule has 2 aliphatic rings. The van der Waals surface area contributed by atoms with Gasteiger partial charge in [0.15, 0.2) is 0 Å². The fourth-order valence-electron chi connectivity index (χ4n) is 3.97. The van der Waals surface area contributed by atoms with E-state index in [-0.39, 0.29) is 0 Å². The van der Waals surface area contributed by atoms with Gasteiger partial charge in [0, 0.05) is 30.5 Å². The summed E-state index contributed by atoms with van der Waals surface area (Å²) < 4.78 is 0. The molecule has 0 radical (unpaired) electrons. The Morgan fingerprint density at radius 1 is 1.05 bits per heavy atom. The van der Waals surface area contributed by atoms with Crippen molar-refractivity contribution in [2.24, 2.45) is 5.92 Å². The molecule has 1 aliphatic heterocycles. The topological polar surface area (TPSA) is 20.3 Å². The number of benzene rings is 1. The highest BCUT2D eigenvalue weighted by Gasteiger charge is 2.26. The first kappa shape index (κ1) is 15.9. The third-order valence-electron chi connectivity index (χ3n) is 5.30. The zero-order chi connectivity index (χ0) is 15.4. The van der Waals surface area contributed by atoms with Gasteiger partial charge in [-0.05, 0) is 49.3 Å². The molecule has 0 N–H and O–H groups in total. The van der Waals surface area contributed by atoms with Crippen LogP contribution in [0.3, 0.4) is 0 Å². The first-order valence-electron chi connectivity index (χ1n) is 8.75. The summed E-state index contributed by atoms with van der Waals surface area (Å²) in [5, 5.41) is 0.784. The van der Waals surface area contributed by atoms with Crippen molar-refractivity contribution in [3.8, 4) is 0 Å². The molecule has 1 amide bonds. The molecule has 1 aliphatic carbocycles. The van der Waals surface area contributed by atoms with E-state index in [0.717, 1.165) is 31.0 Å². The van der Waals surface area contributed by atoms with E-state index >= 15 is 0 Å². The number of carbonyl (C=O) groups is 1. The van der Waals surface area contributed by atoms with E-state index < -0.39 is 0 Å². The van der Waals surface area contributed by atoms with Crippen LogP contribution in [0.2, 0.25) is 5.02 Å². The Kier molecular flexibility index (Phi) is 5.41. The van der Waals surface area contributed by atoms with E-state index in [4.69, 9.17) is 11.6 Å². The standard InChI is InChI=1S/C19H26ClNO/c20-18-10-8-16(9-11-18)17-7-3-4-12-21(14-17)19(22)13-15-5-1-2-6-15/h8-11,15,17H,1-7,12-14H2/t17-/m1/s1. The maximum Gasteiger partial charge on any atom is 0.222 e. The molecule has 1 saturated heterocycles. The Morgan fingerprint density at radius 2 is 1.73 bits per heavy atom. The highest BCUT2D eigenvalue weighted by molar-refractivity contribution is 6.30. The Hall–Kier alpha value is -1.02. The van der Waals surface area contributed by atoms with E-state index in [1.165, 1.54) is 44.1 Å². The molecule has 1 aromatic rings. The molecule has 0 spiro atoms. The minimum atomic E-state index is 0.382. The van der Waals surface area contributed by atoms with Crippen LogP contribution >= 0.6 is 11.6 Å². The molecule has 0 unspecified atom stereocenters. The van der Waals surface area contributed by atoms with E-state index in [9.17, 15) is 4.79 Å². The van der Waals surface area contributed by atoms with Crippen molar-refractivity contribution in [2.75, 3.05) is 13.1 Å². The maximum absolute atomic E-state index is 12.6. The van der Waals surface area contributed by atoms with Crippen LogP contribution in [0.4, 0.5) is 0 Å². The van der Waals surface area contributed by atoms with E-state index in [1.54, 1.807) is 0 Å². The normalized spacial score (nSPS) is 23.5. The quantitative estimate of drug-likeness (QED) is 0.766. The number of amides is 1. The number of hydrogen-bond donors (Lipinski definition) is 0. The summed E-state index contributed by atoms with van der Waals surface area (Å²) in [5.74, 6) is 1.49. The smallest absolute Gasteiger partial charge is 0.222 e. The Morgan fingerprint density at radius 3 is 2.45 bits per heavy atom. The molecule has 1 heterocycles. The molecular formula is C19H26ClNO. The molecule has 0 bridgehead atoms. The zero-order valence-electron chi connectivity index (χ0n) is 13.3. The third kappa shape index (κ3) is 4.04. The molecular weight excluding hydrogens is 294 g/mol. The largest absolute Gasteiger partial charge is 0.342 e. The minimum Gasteiger partial charge on any atom is -0.342 e. The zero-order valence-corrected chi connectivity index (χ0v) is 14.0. The third-order valence-corrected chi connectivity index (χ3v) is 5.56. The Balaban J connectivity index is 1.64. The van der Waals surface area contributed by atoms with Crippen LogP contribution in [0.25, 0.3) is 0 Å². The predicted molar refractivity (Wildman–Crippen MR) is 91.2 cm³/mol. The molecule has 2 nitrogen and oxygen atoms in total. The fraction of sp³-hybridized carbons (Fsp3) is 0.632. The first-order valence-corrected chi connectivity index (χ1v) is 9.13. The van der Waals surface area contributed by atoms with Crippen LogP contribution in [0.1, 0.15) is 62.8 Å². The molecule has 22 heavy (non-hydrogen) atoms. The second-order valence-electron chi connectivity index (χ2n) is 6.94. The Bertz CT molecular complexity index is 493. The number of rotatable bonds is 3. The van der Waals surface area contributed by atoms with Crippen LogP contribution in [0.5, 0.6) is 0 Å². The summed E-state index contributed by atoms with van der Waals surface area (Å²) in [5.41, 5.74) is 1.32. The number of hydrogen-bond acceptors (Lipinski definition) is 1. The summed E-state index contributed by atoms with van der Waals surface area (Å²) in [6, 6.07) is 8.18. The summed E-state index contributed by atoms with van der Waals surface area (Å²) in [6.45, 7) is 1.82. The molecule has 2 fully saturated rings. The average molecular weight is 320 g/mol. The summed E-state index contributed by atoms with van der Waals surface area (Å²) in [6.07, 6.45) is 9.42. The van der Waals surface area contributed by atoms with Crippen molar-refractivity contribution in [2.45, 2.75) is 57.3 Å². The molecule has 120 valence electrons. The van der Waals surface area contributed by atoms with Crippen LogP contribution < -0.4 is 0 Å². The first-order chi connectivity index (χ1) is 10.7. The van der Waals surface area contributed by atoms with Gasteiger partial charge in [0.1, 0.15) is 0 Å². The van der Waals surface area contributed by atoms with Crippen molar-refractivity contribution in [3.05, 3.63) is 34.9 Å². The van der Waals surface area contributed by atoms with Gasteiger partial charge >= 0.3 is 0 Å². The van der Waals surface area contributed by atoms with Gasteiger partial charge in [-0.2, -0.15) is 0 Å². The van der Waals surface area contributed by atoms with Crippen LogP contribution in [0.15, 0.2) is 24.3 Å². The summed E-state index contributed by atoms with van der Waals surface area (Å²) in [4.78, 5) is 14.8. The van der Waals surface area contributed by atoms with Gasteiger partial charge in [-0.3, -0.25) is 4.79 Å².